The van der Waals surface area contributed by atoms with Crippen LogP contribution in [-0.2, 0) is 9.59 Å². The quantitative estimate of drug-likeness (QED) is 0.209. The molecule has 0 fully saturated rings. The Morgan fingerprint density at radius 1 is 1.11 bits per heavy atom. The minimum Gasteiger partial charge on any atom is -0.488 e. The summed E-state index contributed by atoms with van der Waals surface area (Å²) >= 11 is 0. The molecule has 0 saturated heterocycles. The lowest BCUT2D eigenvalue weighted by molar-refractivity contribution is -0.386. The highest BCUT2D eigenvalue weighted by Gasteiger charge is 2.43. The van der Waals surface area contributed by atoms with Gasteiger partial charge in [-0.05, 0) is 46.4 Å². The first-order valence-corrected chi connectivity index (χ1v) is 11.7. The summed E-state index contributed by atoms with van der Waals surface area (Å²) in [7, 11) is 1.29. The number of nitro benzene ring substituents is 1. The van der Waals surface area contributed by atoms with E-state index in [0.29, 0.717) is 18.4 Å². The van der Waals surface area contributed by atoms with Gasteiger partial charge in [-0.1, -0.05) is 44.2 Å². The predicted molar refractivity (Wildman–Crippen MR) is 136 cm³/mol. The summed E-state index contributed by atoms with van der Waals surface area (Å²) in [5.41, 5.74) is 2.88. The molecule has 1 atom stereocenters. The molecule has 1 aliphatic heterocycles. The first-order valence-electron chi connectivity index (χ1n) is 11.7. The number of fused-ring (bicyclic) bond motifs is 4. The van der Waals surface area contributed by atoms with Crippen LogP contribution in [0.5, 0.6) is 11.5 Å². The number of hydrogen-bond donors (Lipinski definition) is 1. The van der Waals surface area contributed by atoms with Crippen LogP contribution in [0.4, 0.5) is 11.4 Å². The third-order valence-electron chi connectivity index (χ3n) is 6.82. The van der Waals surface area contributed by atoms with Crippen LogP contribution in [0, 0.1) is 15.5 Å². The van der Waals surface area contributed by atoms with E-state index in [1.165, 1.54) is 26.2 Å². The number of carbonyl (C=O) groups is 2. The number of esters is 1. The molecule has 8 nitrogen and oxygen atoms in total. The lowest BCUT2D eigenvalue weighted by Crippen LogP contribution is -2.33. The van der Waals surface area contributed by atoms with Gasteiger partial charge in [0.2, 0.25) is 5.75 Å². The van der Waals surface area contributed by atoms with E-state index in [4.69, 9.17) is 9.47 Å². The number of hydrogen-bond acceptors (Lipinski definition) is 7. The van der Waals surface area contributed by atoms with Gasteiger partial charge in [0.1, 0.15) is 0 Å². The minimum absolute atomic E-state index is 0.0466. The van der Waals surface area contributed by atoms with E-state index in [1.54, 1.807) is 0 Å². The van der Waals surface area contributed by atoms with Gasteiger partial charge in [0, 0.05) is 30.2 Å². The highest BCUT2D eigenvalue weighted by Crippen LogP contribution is 2.54. The van der Waals surface area contributed by atoms with Crippen LogP contribution >= 0.6 is 0 Å². The van der Waals surface area contributed by atoms with E-state index in [9.17, 15) is 19.7 Å². The van der Waals surface area contributed by atoms with Crippen molar-refractivity contribution in [3.05, 3.63) is 75.3 Å². The molecule has 2 aliphatic rings. The molecule has 0 amide bonds. The number of anilines is 1. The summed E-state index contributed by atoms with van der Waals surface area (Å²) in [6.45, 7) is 5.34. The van der Waals surface area contributed by atoms with Gasteiger partial charge >= 0.3 is 11.7 Å². The van der Waals surface area contributed by atoms with Crippen molar-refractivity contribution in [2.75, 3.05) is 12.4 Å². The molecule has 1 heterocycles. The number of nitrogens with one attached hydrogen (secondary N) is 1. The van der Waals surface area contributed by atoms with Crippen LogP contribution in [0.25, 0.3) is 16.3 Å². The van der Waals surface area contributed by atoms with Gasteiger partial charge < -0.3 is 14.8 Å². The normalized spacial score (nSPS) is 18.2. The average Bonchev–Trinajstić information content (AvgIpc) is 2.81. The third-order valence-corrected chi connectivity index (χ3v) is 6.82. The Hall–Kier alpha value is -4.20. The van der Waals surface area contributed by atoms with Gasteiger partial charge in [-0.25, -0.2) is 0 Å². The molecule has 184 valence electrons. The van der Waals surface area contributed by atoms with E-state index in [2.05, 4.69) is 19.2 Å². The van der Waals surface area contributed by atoms with Gasteiger partial charge in [0.05, 0.1) is 23.6 Å². The number of allylic oxidation sites excluding steroid dienone is 1. The highest BCUT2D eigenvalue weighted by molar-refractivity contribution is 6.13. The van der Waals surface area contributed by atoms with Crippen LogP contribution in [0.3, 0.4) is 0 Å². The van der Waals surface area contributed by atoms with Crippen molar-refractivity contribution in [3.8, 4) is 11.5 Å². The van der Waals surface area contributed by atoms with Crippen LogP contribution < -0.4 is 14.8 Å². The number of Topliss-reactive ketones (excluding diaryl/α,β-unsaturated/α-hetero) is 1. The second-order valence-corrected chi connectivity index (χ2v) is 10.0. The molecule has 0 spiro atoms. The molecule has 1 N–H and O–H groups in total. The zero-order valence-corrected chi connectivity index (χ0v) is 20.5. The van der Waals surface area contributed by atoms with Crippen molar-refractivity contribution >= 4 is 39.5 Å². The standard InChI is InChI=1S/C28H26N2O6/c1-15(31)36-22-12-10-18(26(30(33)34)27(22)35-4)25-24-19(13-28(2,3)14-21(24)32)23-17-8-6-5-7-16(17)9-11-20(23)29-25/h5-12,25,29H,13-14H2,1-4H3. The molecular weight excluding hydrogens is 460 g/mol. The number of rotatable bonds is 4. The Bertz CT molecular complexity index is 1490. The second-order valence-electron chi connectivity index (χ2n) is 10.0. The molecule has 0 radical (unpaired) electrons. The SMILES string of the molecule is COc1c(OC(C)=O)ccc(C2Nc3ccc4ccccc4c3C3=C2C(=O)CC(C)(C)C3)c1[N+](=O)[O-]. The summed E-state index contributed by atoms with van der Waals surface area (Å²) in [6.07, 6.45) is 0.990. The zero-order valence-electron chi connectivity index (χ0n) is 20.5. The second kappa shape index (κ2) is 8.48. The summed E-state index contributed by atoms with van der Waals surface area (Å²) in [5, 5.41) is 17.8. The van der Waals surface area contributed by atoms with E-state index in [0.717, 1.165) is 27.6 Å². The van der Waals surface area contributed by atoms with Crippen molar-refractivity contribution in [1.82, 2.24) is 0 Å². The van der Waals surface area contributed by atoms with Gasteiger partial charge in [0.25, 0.3) is 0 Å². The van der Waals surface area contributed by atoms with E-state index in [1.807, 2.05) is 36.4 Å². The Morgan fingerprint density at radius 2 is 1.86 bits per heavy atom. The fourth-order valence-corrected chi connectivity index (χ4v) is 5.49. The third kappa shape index (κ3) is 3.79. The topological polar surface area (TPSA) is 108 Å². The monoisotopic (exact) mass is 486 g/mol. The summed E-state index contributed by atoms with van der Waals surface area (Å²) in [4.78, 5) is 37.0. The molecular formula is C28H26N2O6. The molecule has 8 heteroatoms. The number of benzene rings is 3. The van der Waals surface area contributed by atoms with Crippen molar-refractivity contribution < 1.29 is 24.0 Å². The summed E-state index contributed by atoms with van der Waals surface area (Å²) in [6, 6.07) is 14.2. The zero-order chi connectivity index (χ0) is 25.8. The molecule has 1 aliphatic carbocycles. The van der Waals surface area contributed by atoms with Crippen molar-refractivity contribution in [3.63, 3.8) is 0 Å². The number of ether oxygens (including phenoxy) is 2. The maximum Gasteiger partial charge on any atom is 0.320 e. The summed E-state index contributed by atoms with van der Waals surface area (Å²) < 4.78 is 10.5. The van der Waals surface area contributed by atoms with Gasteiger partial charge in [0.15, 0.2) is 11.5 Å². The average molecular weight is 487 g/mol. The molecule has 0 bridgehead atoms. The Labute approximate surface area is 208 Å². The fourth-order valence-electron chi connectivity index (χ4n) is 5.49. The first-order chi connectivity index (χ1) is 17.1. The highest BCUT2D eigenvalue weighted by atomic mass is 16.6. The molecule has 1 unspecified atom stereocenters. The number of methoxy groups -OCH3 is 1. The lowest BCUT2D eigenvalue weighted by atomic mass is 9.67. The van der Waals surface area contributed by atoms with Crippen molar-refractivity contribution in [2.24, 2.45) is 5.41 Å². The first kappa shape index (κ1) is 23.5. The minimum atomic E-state index is -0.766. The lowest BCUT2D eigenvalue weighted by Gasteiger charge is -2.40. The van der Waals surface area contributed by atoms with Crippen LogP contribution in [0.15, 0.2) is 54.1 Å². The summed E-state index contributed by atoms with van der Waals surface area (Å²) in [5.74, 6) is -0.881. The van der Waals surface area contributed by atoms with E-state index in [-0.39, 0.29) is 33.9 Å². The molecule has 0 aromatic heterocycles. The molecule has 36 heavy (non-hydrogen) atoms. The number of carbonyl (C=O) groups excluding carboxylic acids is 2. The molecule has 5 rings (SSSR count). The predicted octanol–water partition coefficient (Wildman–Crippen LogP) is 5.99. The maximum atomic E-state index is 13.7. The van der Waals surface area contributed by atoms with Gasteiger partial charge in [-0.2, -0.15) is 0 Å². The Kier molecular flexibility index (Phi) is 5.54. The molecule has 0 saturated carbocycles. The van der Waals surface area contributed by atoms with Gasteiger partial charge in [-0.3, -0.25) is 19.7 Å². The largest absolute Gasteiger partial charge is 0.488 e. The fraction of sp³-hybridized carbons (Fsp3) is 0.286. The maximum absolute atomic E-state index is 13.7. The van der Waals surface area contributed by atoms with Crippen LogP contribution in [0.2, 0.25) is 0 Å². The van der Waals surface area contributed by atoms with E-state index < -0.39 is 16.9 Å². The number of ketones is 1. The number of nitro groups is 1. The molecule has 3 aromatic carbocycles. The Morgan fingerprint density at radius 3 is 2.56 bits per heavy atom. The van der Waals surface area contributed by atoms with Gasteiger partial charge in [-0.15, -0.1) is 0 Å². The number of nitrogens with zero attached hydrogens (tertiary/aromatic N) is 1. The Balaban J connectivity index is 1.80. The van der Waals surface area contributed by atoms with Crippen LogP contribution in [0.1, 0.15) is 50.8 Å². The van der Waals surface area contributed by atoms with E-state index >= 15 is 0 Å². The van der Waals surface area contributed by atoms with Crippen LogP contribution in [-0.4, -0.2) is 23.8 Å². The van der Waals surface area contributed by atoms with Crippen molar-refractivity contribution in [2.45, 2.75) is 39.7 Å². The smallest absolute Gasteiger partial charge is 0.320 e. The van der Waals surface area contributed by atoms with Crippen molar-refractivity contribution in [1.29, 1.82) is 0 Å². The molecule has 3 aromatic rings.